The van der Waals surface area contributed by atoms with Crippen LogP contribution in [0.3, 0.4) is 0 Å². The van der Waals surface area contributed by atoms with Gasteiger partial charge in [-0.1, -0.05) is 26.0 Å². The molecule has 2 N–H and O–H groups in total. The molecule has 2 amide bonds. The van der Waals surface area contributed by atoms with Crippen LogP contribution in [0.15, 0.2) is 41.1 Å². The topological polar surface area (TPSA) is 56.8 Å². The highest BCUT2D eigenvalue weighted by Gasteiger charge is 2.24. The number of para-hydroxylation sites is 2. The van der Waals surface area contributed by atoms with E-state index in [1.807, 2.05) is 18.2 Å². The fraction of sp³-hybridized carbons (Fsp3) is 0.522. The Labute approximate surface area is 184 Å². The van der Waals surface area contributed by atoms with Crippen molar-refractivity contribution in [3.05, 3.63) is 46.7 Å². The van der Waals surface area contributed by atoms with Crippen molar-refractivity contribution in [1.29, 1.82) is 0 Å². The number of hydrogen-bond donors (Lipinski definition) is 2. The van der Waals surface area contributed by atoms with Crippen molar-refractivity contribution >= 4 is 28.7 Å². The standard InChI is InChI=1S/C23H34N4O2S/c1-5-26(6-2)22(19-11-12-30-16-19)13-24-23(28)25-20-9-7-8-10-21(20)27-14-17(3)29-18(4)15-27/h7-12,16-18,22H,5-6,13-15H2,1-4H3,(H2,24,25,28)/t17-,18-,22-/m1/s1. The molecule has 2 aromatic rings. The molecule has 0 bridgehead atoms. The van der Waals surface area contributed by atoms with Crippen molar-refractivity contribution in [2.24, 2.45) is 0 Å². The monoisotopic (exact) mass is 430 g/mol. The molecule has 30 heavy (non-hydrogen) atoms. The normalized spacial score (nSPS) is 20.2. The van der Waals surface area contributed by atoms with Gasteiger partial charge in [0.25, 0.3) is 0 Å². The van der Waals surface area contributed by atoms with Crippen LogP contribution in [0.1, 0.15) is 39.3 Å². The minimum absolute atomic E-state index is 0.163. The summed E-state index contributed by atoms with van der Waals surface area (Å²) in [5, 5.41) is 10.4. The number of urea groups is 1. The number of anilines is 2. The highest BCUT2D eigenvalue weighted by molar-refractivity contribution is 7.07. The maximum atomic E-state index is 12.8. The first-order chi connectivity index (χ1) is 14.5. The van der Waals surface area contributed by atoms with Gasteiger partial charge in [0.1, 0.15) is 0 Å². The van der Waals surface area contributed by atoms with Crippen LogP contribution >= 0.6 is 11.3 Å². The number of hydrogen-bond acceptors (Lipinski definition) is 5. The van der Waals surface area contributed by atoms with E-state index in [-0.39, 0.29) is 24.3 Å². The molecule has 1 saturated heterocycles. The second-order valence-corrected chi connectivity index (χ2v) is 8.59. The summed E-state index contributed by atoms with van der Waals surface area (Å²) in [4.78, 5) is 17.4. The van der Waals surface area contributed by atoms with Gasteiger partial charge in [0.2, 0.25) is 0 Å². The summed E-state index contributed by atoms with van der Waals surface area (Å²) in [6, 6.07) is 10.1. The first kappa shape index (κ1) is 22.6. The van der Waals surface area contributed by atoms with Gasteiger partial charge in [0, 0.05) is 19.6 Å². The molecule has 0 radical (unpaired) electrons. The van der Waals surface area contributed by atoms with Gasteiger partial charge >= 0.3 is 6.03 Å². The average molecular weight is 431 g/mol. The molecule has 1 fully saturated rings. The Balaban J connectivity index is 1.66. The number of morpholine rings is 1. The van der Waals surface area contributed by atoms with E-state index in [4.69, 9.17) is 4.74 Å². The largest absolute Gasteiger partial charge is 0.372 e. The second-order valence-electron chi connectivity index (χ2n) is 7.81. The van der Waals surface area contributed by atoms with Crippen LogP contribution in [0.2, 0.25) is 0 Å². The molecule has 6 nitrogen and oxygen atoms in total. The van der Waals surface area contributed by atoms with Gasteiger partial charge in [-0.15, -0.1) is 0 Å². The number of carbonyl (C=O) groups is 1. The molecule has 1 aromatic heterocycles. The third kappa shape index (κ3) is 5.74. The fourth-order valence-electron chi connectivity index (χ4n) is 4.17. The van der Waals surface area contributed by atoms with E-state index in [9.17, 15) is 4.79 Å². The Morgan fingerprint density at radius 1 is 1.20 bits per heavy atom. The molecule has 0 unspecified atom stereocenters. The summed E-state index contributed by atoms with van der Waals surface area (Å²) in [5.74, 6) is 0. The predicted molar refractivity (Wildman–Crippen MR) is 126 cm³/mol. The summed E-state index contributed by atoms with van der Waals surface area (Å²) in [7, 11) is 0. The summed E-state index contributed by atoms with van der Waals surface area (Å²) in [6.45, 7) is 12.6. The number of carbonyl (C=O) groups excluding carboxylic acids is 1. The number of amides is 2. The van der Waals surface area contributed by atoms with Crippen LogP contribution in [0, 0.1) is 0 Å². The van der Waals surface area contributed by atoms with Crippen LogP contribution in [0.4, 0.5) is 16.2 Å². The van der Waals surface area contributed by atoms with E-state index in [0.29, 0.717) is 6.54 Å². The van der Waals surface area contributed by atoms with Crippen molar-refractivity contribution in [3.63, 3.8) is 0 Å². The molecular formula is C23H34N4O2S. The van der Waals surface area contributed by atoms with E-state index in [1.54, 1.807) is 11.3 Å². The third-order valence-electron chi connectivity index (χ3n) is 5.55. The molecule has 1 aliphatic rings. The smallest absolute Gasteiger partial charge is 0.319 e. The van der Waals surface area contributed by atoms with Crippen molar-refractivity contribution in [2.75, 3.05) is 42.9 Å². The summed E-state index contributed by atoms with van der Waals surface area (Å²) >= 11 is 1.69. The number of ether oxygens (including phenoxy) is 1. The first-order valence-electron chi connectivity index (χ1n) is 10.8. The molecule has 1 aromatic carbocycles. The van der Waals surface area contributed by atoms with Gasteiger partial charge in [-0.25, -0.2) is 4.79 Å². The quantitative estimate of drug-likeness (QED) is 0.644. The molecule has 0 aliphatic carbocycles. The number of likely N-dealkylation sites (N-methyl/N-ethyl adjacent to an activating group) is 1. The van der Waals surface area contributed by atoms with Gasteiger partial charge in [0.05, 0.1) is 29.6 Å². The number of benzene rings is 1. The van der Waals surface area contributed by atoms with Crippen molar-refractivity contribution < 1.29 is 9.53 Å². The van der Waals surface area contributed by atoms with E-state index < -0.39 is 0 Å². The Hall–Kier alpha value is -2.09. The van der Waals surface area contributed by atoms with E-state index in [1.165, 1.54) is 5.56 Å². The fourth-order valence-corrected chi connectivity index (χ4v) is 4.88. The van der Waals surface area contributed by atoms with Crippen molar-refractivity contribution in [2.45, 2.75) is 45.9 Å². The number of nitrogens with one attached hydrogen (secondary N) is 2. The Morgan fingerprint density at radius 3 is 2.53 bits per heavy atom. The molecule has 2 heterocycles. The maximum Gasteiger partial charge on any atom is 0.319 e. The lowest BCUT2D eigenvalue weighted by molar-refractivity contribution is -0.00517. The maximum absolute atomic E-state index is 12.8. The van der Waals surface area contributed by atoms with E-state index in [2.05, 4.69) is 71.0 Å². The summed E-state index contributed by atoms with van der Waals surface area (Å²) in [6.07, 6.45) is 0.326. The molecule has 0 saturated carbocycles. The average Bonchev–Trinajstić information content (AvgIpc) is 3.25. The van der Waals surface area contributed by atoms with E-state index in [0.717, 1.165) is 37.6 Å². The minimum atomic E-state index is -0.177. The second kappa shape index (κ2) is 10.8. The number of rotatable bonds is 8. The van der Waals surface area contributed by atoms with Gasteiger partial charge < -0.3 is 20.3 Å². The lowest BCUT2D eigenvalue weighted by Gasteiger charge is -2.37. The Morgan fingerprint density at radius 2 is 1.90 bits per heavy atom. The molecule has 1 aliphatic heterocycles. The van der Waals surface area contributed by atoms with Gasteiger partial charge in [-0.3, -0.25) is 4.90 Å². The Kier molecular flexibility index (Phi) is 8.13. The minimum Gasteiger partial charge on any atom is -0.372 e. The summed E-state index contributed by atoms with van der Waals surface area (Å²) in [5.41, 5.74) is 3.11. The van der Waals surface area contributed by atoms with Crippen LogP contribution in [0.5, 0.6) is 0 Å². The third-order valence-corrected chi connectivity index (χ3v) is 6.25. The van der Waals surface area contributed by atoms with Gasteiger partial charge in [-0.2, -0.15) is 11.3 Å². The lowest BCUT2D eigenvalue weighted by Crippen LogP contribution is -2.46. The highest BCUT2D eigenvalue weighted by atomic mass is 32.1. The zero-order chi connectivity index (χ0) is 21.5. The van der Waals surface area contributed by atoms with Crippen molar-refractivity contribution in [3.8, 4) is 0 Å². The van der Waals surface area contributed by atoms with Crippen LogP contribution in [-0.4, -0.2) is 55.9 Å². The predicted octanol–water partition coefficient (Wildman–Crippen LogP) is 4.57. The Bertz CT molecular complexity index is 784. The van der Waals surface area contributed by atoms with Crippen molar-refractivity contribution in [1.82, 2.24) is 10.2 Å². The van der Waals surface area contributed by atoms with Crippen LogP contribution < -0.4 is 15.5 Å². The zero-order valence-electron chi connectivity index (χ0n) is 18.4. The SMILES string of the molecule is CCN(CC)[C@H](CNC(=O)Nc1ccccc1N1C[C@@H](C)O[C@H](C)C1)c1ccsc1. The number of nitrogens with zero attached hydrogens (tertiary/aromatic N) is 2. The summed E-state index contributed by atoms with van der Waals surface area (Å²) < 4.78 is 5.86. The van der Waals surface area contributed by atoms with Gasteiger partial charge in [0.15, 0.2) is 0 Å². The van der Waals surface area contributed by atoms with Gasteiger partial charge in [-0.05, 0) is 61.5 Å². The van der Waals surface area contributed by atoms with Crippen LogP contribution in [0.25, 0.3) is 0 Å². The zero-order valence-corrected chi connectivity index (χ0v) is 19.2. The first-order valence-corrected chi connectivity index (χ1v) is 11.8. The number of thiophene rings is 1. The highest BCUT2D eigenvalue weighted by Crippen LogP contribution is 2.28. The molecule has 0 spiro atoms. The van der Waals surface area contributed by atoms with E-state index >= 15 is 0 Å². The molecule has 7 heteroatoms. The molecule has 3 rings (SSSR count). The molecule has 164 valence electrons. The lowest BCUT2D eigenvalue weighted by atomic mass is 10.1. The molecular weight excluding hydrogens is 396 g/mol. The molecule has 3 atom stereocenters. The van der Waals surface area contributed by atoms with Crippen LogP contribution in [-0.2, 0) is 4.74 Å².